The van der Waals surface area contributed by atoms with Crippen molar-refractivity contribution >= 4 is 12.0 Å². The predicted molar refractivity (Wildman–Crippen MR) is 38.8 cm³/mol. The van der Waals surface area contributed by atoms with E-state index < -0.39 is 0 Å². The second kappa shape index (κ2) is 2.47. The standard InChI is InChI=1S/C7H8N2O/c1-5-2-3-9-6(4-10)7(5)8/h2-4H,8H2,1H3. The van der Waals surface area contributed by atoms with Gasteiger partial charge in [0.1, 0.15) is 5.69 Å². The SMILES string of the molecule is Cc1ccnc(C=O)c1N. The second-order valence-corrected chi connectivity index (χ2v) is 2.04. The molecular weight excluding hydrogens is 128 g/mol. The smallest absolute Gasteiger partial charge is 0.170 e. The molecule has 0 atom stereocenters. The first-order chi connectivity index (χ1) is 4.75. The minimum absolute atomic E-state index is 0.319. The Morgan fingerprint density at radius 1 is 1.70 bits per heavy atom. The van der Waals surface area contributed by atoms with E-state index in [1.54, 1.807) is 12.3 Å². The normalized spacial score (nSPS) is 9.30. The molecule has 0 saturated carbocycles. The van der Waals surface area contributed by atoms with E-state index in [4.69, 9.17) is 5.73 Å². The topological polar surface area (TPSA) is 56.0 Å². The summed E-state index contributed by atoms with van der Waals surface area (Å²) in [6.45, 7) is 1.84. The van der Waals surface area contributed by atoms with Gasteiger partial charge in [0.2, 0.25) is 0 Å². The fraction of sp³-hybridized carbons (Fsp3) is 0.143. The number of hydrogen-bond acceptors (Lipinski definition) is 3. The van der Waals surface area contributed by atoms with E-state index in [1.807, 2.05) is 6.92 Å². The quantitative estimate of drug-likeness (QED) is 0.580. The van der Waals surface area contributed by atoms with Gasteiger partial charge in [0.15, 0.2) is 6.29 Å². The van der Waals surface area contributed by atoms with E-state index in [2.05, 4.69) is 4.98 Å². The molecule has 1 aromatic heterocycles. The van der Waals surface area contributed by atoms with Crippen molar-refractivity contribution in [3.63, 3.8) is 0 Å². The molecule has 0 spiro atoms. The molecule has 0 radical (unpaired) electrons. The molecule has 1 heterocycles. The fourth-order valence-corrected chi connectivity index (χ4v) is 0.685. The maximum absolute atomic E-state index is 10.2. The Bertz CT molecular complexity index is 258. The number of carbonyl (C=O) groups is 1. The van der Waals surface area contributed by atoms with Gasteiger partial charge in [-0.25, -0.2) is 0 Å². The molecule has 0 aliphatic carbocycles. The lowest BCUT2D eigenvalue weighted by Crippen LogP contribution is -1.97. The third kappa shape index (κ3) is 0.978. The maximum Gasteiger partial charge on any atom is 0.170 e. The molecule has 0 saturated heterocycles. The third-order valence-corrected chi connectivity index (χ3v) is 1.35. The van der Waals surface area contributed by atoms with Crippen molar-refractivity contribution in [2.45, 2.75) is 6.92 Å². The van der Waals surface area contributed by atoms with Crippen LogP contribution in [0.5, 0.6) is 0 Å². The lowest BCUT2D eigenvalue weighted by molar-refractivity contribution is 0.112. The molecule has 0 unspecified atom stereocenters. The number of anilines is 1. The van der Waals surface area contributed by atoms with E-state index >= 15 is 0 Å². The van der Waals surface area contributed by atoms with Crippen molar-refractivity contribution < 1.29 is 4.79 Å². The molecule has 1 aromatic rings. The Morgan fingerprint density at radius 2 is 2.40 bits per heavy atom. The lowest BCUT2D eigenvalue weighted by atomic mass is 10.2. The van der Waals surface area contributed by atoms with Gasteiger partial charge in [-0.1, -0.05) is 0 Å². The number of aromatic nitrogens is 1. The van der Waals surface area contributed by atoms with Crippen LogP contribution in [-0.4, -0.2) is 11.3 Å². The first-order valence-corrected chi connectivity index (χ1v) is 2.92. The van der Waals surface area contributed by atoms with Crippen LogP contribution in [0.2, 0.25) is 0 Å². The van der Waals surface area contributed by atoms with Gasteiger partial charge in [-0.05, 0) is 18.6 Å². The zero-order valence-corrected chi connectivity index (χ0v) is 5.66. The summed E-state index contributed by atoms with van der Waals surface area (Å²) >= 11 is 0. The number of rotatable bonds is 1. The van der Waals surface area contributed by atoms with Crippen LogP contribution >= 0.6 is 0 Å². The molecule has 1 rings (SSSR count). The van der Waals surface area contributed by atoms with Gasteiger partial charge in [0, 0.05) is 6.20 Å². The van der Waals surface area contributed by atoms with Gasteiger partial charge in [-0.15, -0.1) is 0 Å². The zero-order chi connectivity index (χ0) is 7.56. The number of nitrogens with two attached hydrogens (primary N) is 1. The number of nitrogen functional groups attached to an aromatic ring is 1. The van der Waals surface area contributed by atoms with Gasteiger partial charge < -0.3 is 5.73 Å². The fourth-order valence-electron chi connectivity index (χ4n) is 0.685. The zero-order valence-electron chi connectivity index (χ0n) is 5.66. The first-order valence-electron chi connectivity index (χ1n) is 2.92. The summed E-state index contributed by atoms with van der Waals surface area (Å²) in [6.07, 6.45) is 2.22. The Balaban J connectivity index is 3.27. The number of hydrogen-bond donors (Lipinski definition) is 1. The highest BCUT2D eigenvalue weighted by molar-refractivity contribution is 5.81. The van der Waals surface area contributed by atoms with E-state index in [0.717, 1.165) is 5.56 Å². The van der Waals surface area contributed by atoms with E-state index in [1.165, 1.54) is 0 Å². The van der Waals surface area contributed by atoms with Crippen LogP contribution in [0.3, 0.4) is 0 Å². The maximum atomic E-state index is 10.2. The van der Waals surface area contributed by atoms with Gasteiger partial charge in [0.25, 0.3) is 0 Å². The average Bonchev–Trinajstić information content (AvgIpc) is 1.95. The molecule has 0 aromatic carbocycles. The van der Waals surface area contributed by atoms with Gasteiger partial charge in [0.05, 0.1) is 5.69 Å². The van der Waals surface area contributed by atoms with Crippen LogP contribution in [0.15, 0.2) is 12.3 Å². The van der Waals surface area contributed by atoms with Gasteiger partial charge in [-0.3, -0.25) is 9.78 Å². The van der Waals surface area contributed by atoms with Crippen LogP contribution in [0.25, 0.3) is 0 Å². The third-order valence-electron chi connectivity index (χ3n) is 1.35. The Kier molecular flexibility index (Phi) is 1.67. The predicted octanol–water partition coefficient (Wildman–Crippen LogP) is 0.785. The Labute approximate surface area is 58.9 Å². The summed E-state index contributed by atoms with van der Waals surface area (Å²) in [6, 6.07) is 1.77. The Hall–Kier alpha value is -1.38. The summed E-state index contributed by atoms with van der Waals surface area (Å²) in [5.74, 6) is 0. The summed E-state index contributed by atoms with van der Waals surface area (Å²) in [4.78, 5) is 14.0. The van der Waals surface area contributed by atoms with Crippen molar-refractivity contribution in [1.29, 1.82) is 0 Å². The molecule has 0 aliphatic heterocycles. The highest BCUT2D eigenvalue weighted by atomic mass is 16.1. The van der Waals surface area contributed by atoms with Crippen molar-refractivity contribution in [2.24, 2.45) is 0 Å². The highest BCUT2D eigenvalue weighted by Crippen LogP contribution is 2.10. The molecule has 2 N–H and O–H groups in total. The number of nitrogens with zero attached hydrogens (tertiary/aromatic N) is 1. The summed E-state index contributed by atoms with van der Waals surface area (Å²) in [5.41, 5.74) is 7.17. The van der Waals surface area contributed by atoms with E-state index in [0.29, 0.717) is 17.7 Å². The molecule has 0 aliphatic rings. The van der Waals surface area contributed by atoms with Gasteiger partial charge in [-0.2, -0.15) is 0 Å². The number of aldehydes is 1. The van der Waals surface area contributed by atoms with E-state index in [-0.39, 0.29) is 0 Å². The van der Waals surface area contributed by atoms with Crippen molar-refractivity contribution in [3.05, 3.63) is 23.5 Å². The average molecular weight is 136 g/mol. The summed E-state index contributed by atoms with van der Waals surface area (Å²) < 4.78 is 0. The first kappa shape index (κ1) is 6.74. The number of pyridine rings is 1. The largest absolute Gasteiger partial charge is 0.397 e. The molecule has 0 bridgehead atoms. The molecule has 0 amide bonds. The molecular formula is C7H8N2O. The summed E-state index contributed by atoms with van der Waals surface area (Å²) in [5, 5.41) is 0. The Morgan fingerprint density at radius 3 is 2.90 bits per heavy atom. The van der Waals surface area contributed by atoms with Crippen LogP contribution in [0.1, 0.15) is 16.1 Å². The minimum atomic E-state index is 0.319. The van der Waals surface area contributed by atoms with Crippen molar-refractivity contribution in [1.82, 2.24) is 4.98 Å². The molecule has 3 nitrogen and oxygen atoms in total. The molecule has 10 heavy (non-hydrogen) atoms. The molecule has 0 fully saturated rings. The number of aryl methyl sites for hydroxylation is 1. The van der Waals surface area contributed by atoms with Crippen LogP contribution in [0.4, 0.5) is 5.69 Å². The summed E-state index contributed by atoms with van der Waals surface area (Å²) in [7, 11) is 0. The van der Waals surface area contributed by atoms with Crippen LogP contribution < -0.4 is 5.73 Å². The second-order valence-electron chi connectivity index (χ2n) is 2.04. The molecule has 3 heteroatoms. The van der Waals surface area contributed by atoms with Gasteiger partial charge >= 0.3 is 0 Å². The number of carbonyl (C=O) groups excluding carboxylic acids is 1. The van der Waals surface area contributed by atoms with E-state index in [9.17, 15) is 4.79 Å². The minimum Gasteiger partial charge on any atom is -0.397 e. The monoisotopic (exact) mass is 136 g/mol. The van der Waals surface area contributed by atoms with Crippen LogP contribution in [0, 0.1) is 6.92 Å². The van der Waals surface area contributed by atoms with Crippen LogP contribution in [-0.2, 0) is 0 Å². The van der Waals surface area contributed by atoms with Crippen molar-refractivity contribution in [3.8, 4) is 0 Å². The highest BCUT2D eigenvalue weighted by Gasteiger charge is 1.99. The van der Waals surface area contributed by atoms with Crippen molar-refractivity contribution in [2.75, 3.05) is 5.73 Å². The molecule has 52 valence electrons. The lowest BCUT2D eigenvalue weighted by Gasteiger charge is -1.98.